The van der Waals surface area contributed by atoms with Crippen LogP contribution in [0.25, 0.3) is 0 Å². The predicted molar refractivity (Wildman–Crippen MR) is 92.2 cm³/mol. The molecule has 1 nitrogen and oxygen atoms in total. The molecule has 0 aromatic heterocycles. The summed E-state index contributed by atoms with van der Waals surface area (Å²) < 4.78 is 0. The first-order chi connectivity index (χ1) is 10.2. The van der Waals surface area contributed by atoms with Gasteiger partial charge in [0, 0.05) is 17.5 Å². The summed E-state index contributed by atoms with van der Waals surface area (Å²) in [5.41, 5.74) is 3.93. The van der Waals surface area contributed by atoms with Crippen LogP contribution >= 0.6 is 11.6 Å². The number of nitrogens with one attached hydrogen (secondary N) is 1. The lowest BCUT2D eigenvalue weighted by Gasteiger charge is -2.20. The van der Waals surface area contributed by atoms with Gasteiger partial charge in [-0.25, -0.2) is 0 Å². The van der Waals surface area contributed by atoms with Crippen LogP contribution in [0.1, 0.15) is 36.0 Å². The van der Waals surface area contributed by atoms with Crippen LogP contribution < -0.4 is 5.32 Å². The van der Waals surface area contributed by atoms with Crippen LogP contribution in [0.5, 0.6) is 0 Å². The van der Waals surface area contributed by atoms with Crippen molar-refractivity contribution < 1.29 is 0 Å². The van der Waals surface area contributed by atoms with E-state index in [4.69, 9.17) is 11.6 Å². The van der Waals surface area contributed by atoms with Crippen molar-refractivity contribution in [3.05, 3.63) is 70.2 Å². The number of rotatable bonds is 7. The highest BCUT2D eigenvalue weighted by atomic mass is 35.5. The van der Waals surface area contributed by atoms with Crippen LogP contribution in [0.4, 0.5) is 0 Å². The Hall–Kier alpha value is -1.31. The number of hydrogen-bond donors (Lipinski definition) is 1. The van der Waals surface area contributed by atoms with E-state index in [-0.39, 0.29) is 0 Å². The summed E-state index contributed by atoms with van der Waals surface area (Å²) in [6.07, 6.45) is 2.17. The van der Waals surface area contributed by atoms with Crippen molar-refractivity contribution in [3.63, 3.8) is 0 Å². The number of hydrogen-bond acceptors (Lipinski definition) is 1. The third-order valence-electron chi connectivity index (χ3n) is 3.73. The molecule has 0 saturated carbocycles. The molecule has 0 aliphatic heterocycles. The topological polar surface area (TPSA) is 12.0 Å². The van der Waals surface area contributed by atoms with Crippen LogP contribution in [-0.4, -0.2) is 13.1 Å². The highest BCUT2D eigenvalue weighted by Gasteiger charge is 2.15. The van der Waals surface area contributed by atoms with E-state index in [9.17, 15) is 0 Å². The maximum atomic E-state index is 6.40. The van der Waals surface area contributed by atoms with Crippen molar-refractivity contribution in [2.45, 2.75) is 32.6 Å². The van der Waals surface area contributed by atoms with Gasteiger partial charge in [-0.05, 0) is 43.5 Å². The second-order valence-electron chi connectivity index (χ2n) is 5.62. The van der Waals surface area contributed by atoms with Crippen molar-refractivity contribution in [2.24, 2.45) is 0 Å². The average molecular weight is 302 g/mol. The minimum Gasteiger partial charge on any atom is -0.316 e. The predicted octanol–water partition coefficient (Wildman–Crippen LogP) is 4.97. The molecule has 0 amide bonds. The molecule has 112 valence electrons. The van der Waals surface area contributed by atoms with Crippen LogP contribution in [0.2, 0.25) is 5.02 Å². The zero-order valence-electron chi connectivity index (χ0n) is 12.9. The Labute approximate surface area is 133 Å². The standard InChI is InChI=1S/C19H24ClN/c1-3-11-21-14-17(18-9-4-5-10-19(18)20)13-16-8-6-7-15(2)12-16/h4-10,12,17,21H,3,11,13-14H2,1-2H3. The average Bonchev–Trinajstić information content (AvgIpc) is 2.47. The van der Waals surface area contributed by atoms with Gasteiger partial charge >= 0.3 is 0 Å². The second-order valence-corrected chi connectivity index (χ2v) is 6.02. The highest BCUT2D eigenvalue weighted by Crippen LogP contribution is 2.27. The molecular formula is C19H24ClN. The Balaban J connectivity index is 2.17. The molecule has 0 aliphatic carbocycles. The lowest BCUT2D eigenvalue weighted by Crippen LogP contribution is -2.24. The normalized spacial score (nSPS) is 12.3. The largest absolute Gasteiger partial charge is 0.316 e. The van der Waals surface area contributed by atoms with E-state index in [0.29, 0.717) is 5.92 Å². The summed E-state index contributed by atoms with van der Waals surface area (Å²) in [5.74, 6) is 0.409. The minimum atomic E-state index is 0.409. The van der Waals surface area contributed by atoms with Crippen LogP contribution in [0.15, 0.2) is 48.5 Å². The Morgan fingerprint density at radius 3 is 2.62 bits per heavy atom. The SMILES string of the molecule is CCCNCC(Cc1cccc(C)c1)c1ccccc1Cl. The summed E-state index contributed by atoms with van der Waals surface area (Å²) in [6, 6.07) is 17.0. The Bertz CT molecular complexity index is 565. The first kappa shape index (κ1) is 16.1. The molecule has 0 radical (unpaired) electrons. The lowest BCUT2D eigenvalue weighted by molar-refractivity contribution is 0.576. The molecule has 1 atom stereocenters. The van der Waals surface area contributed by atoms with E-state index in [1.54, 1.807) is 0 Å². The van der Waals surface area contributed by atoms with Gasteiger partial charge in [0.25, 0.3) is 0 Å². The van der Waals surface area contributed by atoms with Crippen molar-refractivity contribution in [1.82, 2.24) is 5.32 Å². The van der Waals surface area contributed by atoms with Gasteiger partial charge in [0.15, 0.2) is 0 Å². The fourth-order valence-corrected chi connectivity index (χ4v) is 2.97. The number of halogens is 1. The van der Waals surface area contributed by atoms with E-state index in [2.05, 4.69) is 55.6 Å². The van der Waals surface area contributed by atoms with Gasteiger partial charge in [-0.1, -0.05) is 66.6 Å². The van der Waals surface area contributed by atoms with Crippen molar-refractivity contribution in [1.29, 1.82) is 0 Å². The summed E-state index contributed by atoms with van der Waals surface area (Å²) >= 11 is 6.40. The Morgan fingerprint density at radius 1 is 1.10 bits per heavy atom. The zero-order valence-corrected chi connectivity index (χ0v) is 13.7. The van der Waals surface area contributed by atoms with Crippen molar-refractivity contribution in [3.8, 4) is 0 Å². The Morgan fingerprint density at radius 2 is 1.90 bits per heavy atom. The minimum absolute atomic E-state index is 0.409. The summed E-state index contributed by atoms with van der Waals surface area (Å²) in [6.45, 7) is 6.35. The quantitative estimate of drug-likeness (QED) is 0.712. The van der Waals surface area contributed by atoms with Gasteiger partial charge in [-0.2, -0.15) is 0 Å². The Kier molecular flexibility index (Phi) is 6.28. The monoisotopic (exact) mass is 301 g/mol. The van der Waals surface area contributed by atoms with Crippen molar-refractivity contribution in [2.75, 3.05) is 13.1 Å². The fraction of sp³-hybridized carbons (Fsp3) is 0.368. The summed E-state index contributed by atoms with van der Waals surface area (Å²) in [5, 5.41) is 4.41. The molecule has 1 unspecified atom stereocenters. The van der Waals surface area contributed by atoms with Gasteiger partial charge in [0.05, 0.1) is 0 Å². The van der Waals surface area contributed by atoms with Gasteiger partial charge in [-0.15, -0.1) is 0 Å². The molecule has 2 heteroatoms. The van der Waals surface area contributed by atoms with Gasteiger partial charge in [0.1, 0.15) is 0 Å². The molecule has 1 N–H and O–H groups in total. The van der Waals surface area contributed by atoms with Crippen LogP contribution in [-0.2, 0) is 6.42 Å². The summed E-state index contributed by atoms with van der Waals surface area (Å²) in [7, 11) is 0. The molecule has 0 bridgehead atoms. The molecule has 0 fully saturated rings. The van der Waals surface area contributed by atoms with Crippen molar-refractivity contribution >= 4 is 11.6 Å². The molecule has 2 aromatic rings. The van der Waals surface area contributed by atoms with Crippen LogP contribution in [0, 0.1) is 6.92 Å². The van der Waals surface area contributed by atoms with E-state index >= 15 is 0 Å². The first-order valence-electron chi connectivity index (χ1n) is 7.71. The maximum absolute atomic E-state index is 6.40. The molecule has 2 aromatic carbocycles. The second kappa shape index (κ2) is 8.21. The number of benzene rings is 2. The molecule has 0 heterocycles. The first-order valence-corrected chi connectivity index (χ1v) is 8.09. The molecule has 0 saturated heterocycles. The third kappa shape index (κ3) is 4.87. The van der Waals surface area contributed by atoms with Crippen LogP contribution in [0.3, 0.4) is 0 Å². The molecular weight excluding hydrogens is 278 g/mol. The summed E-state index contributed by atoms with van der Waals surface area (Å²) in [4.78, 5) is 0. The third-order valence-corrected chi connectivity index (χ3v) is 4.07. The molecule has 0 aliphatic rings. The van der Waals surface area contributed by atoms with Gasteiger partial charge in [-0.3, -0.25) is 0 Å². The maximum Gasteiger partial charge on any atom is 0.0441 e. The fourth-order valence-electron chi connectivity index (χ4n) is 2.67. The van der Waals surface area contributed by atoms with E-state index in [1.807, 2.05) is 12.1 Å². The molecule has 21 heavy (non-hydrogen) atoms. The highest BCUT2D eigenvalue weighted by molar-refractivity contribution is 6.31. The van der Waals surface area contributed by atoms with E-state index < -0.39 is 0 Å². The van der Waals surface area contributed by atoms with Gasteiger partial charge < -0.3 is 5.32 Å². The van der Waals surface area contributed by atoms with Gasteiger partial charge in [0.2, 0.25) is 0 Å². The smallest absolute Gasteiger partial charge is 0.0441 e. The zero-order chi connectivity index (χ0) is 15.1. The number of aryl methyl sites for hydroxylation is 1. The van der Waals surface area contributed by atoms with E-state index in [0.717, 1.165) is 31.0 Å². The van der Waals surface area contributed by atoms with E-state index in [1.165, 1.54) is 16.7 Å². The molecule has 0 spiro atoms. The lowest BCUT2D eigenvalue weighted by atomic mass is 9.91. The molecule has 2 rings (SSSR count).